The molecule has 0 spiro atoms. The number of rotatable bonds is 6. The number of benzene rings is 1. The summed E-state index contributed by atoms with van der Waals surface area (Å²) in [6.07, 6.45) is 5.19. The Labute approximate surface area is 92.5 Å². The Bertz CT molecular complexity index is 315. The second-order valence-corrected chi connectivity index (χ2v) is 4.13. The normalized spacial score (nSPS) is 10.3. The standard InChI is InChI=1S/C14H20O/c1-3-4-6-13-7-5-8-14(11-13)10-9-12(2)15/h5,7-8,11H,3-4,6,9-10H2,1-2H3. The van der Waals surface area contributed by atoms with Gasteiger partial charge in [0.2, 0.25) is 0 Å². The average Bonchev–Trinajstić information content (AvgIpc) is 2.24. The molecule has 1 heteroatoms. The molecule has 1 nitrogen and oxygen atoms in total. The Hall–Kier alpha value is -1.11. The van der Waals surface area contributed by atoms with E-state index in [2.05, 4.69) is 31.2 Å². The third-order valence-electron chi connectivity index (χ3n) is 2.58. The van der Waals surface area contributed by atoms with E-state index in [4.69, 9.17) is 0 Å². The smallest absolute Gasteiger partial charge is 0.130 e. The lowest BCUT2D eigenvalue weighted by Crippen LogP contribution is -1.95. The molecule has 0 aliphatic heterocycles. The molecule has 0 aliphatic rings. The van der Waals surface area contributed by atoms with Crippen LogP contribution in [0, 0.1) is 0 Å². The molecular formula is C14H20O. The SMILES string of the molecule is CCCCc1cccc(CCC(C)=O)c1. The predicted molar refractivity (Wildman–Crippen MR) is 64.1 cm³/mol. The fourth-order valence-corrected chi connectivity index (χ4v) is 1.64. The summed E-state index contributed by atoms with van der Waals surface area (Å²) in [5, 5.41) is 0. The lowest BCUT2D eigenvalue weighted by molar-refractivity contribution is -0.116. The highest BCUT2D eigenvalue weighted by Crippen LogP contribution is 2.10. The number of Topliss-reactive ketones (excluding diaryl/α,β-unsaturated/α-hetero) is 1. The molecule has 0 aliphatic carbocycles. The summed E-state index contributed by atoms with van der Waals surface area (Å²) in [4.78, 5) is 10.9. The molecule has 15 heavy (non-hydrogen) atoms. The first-order valence-electron chi connectivity index (χ1n) is 5.79. The van der Waals surface area contributed by atoms with Gasteiger partial charge in [-0.25, -0.2) is 0 Å². The highest BCUT2D eigenvalue weighted by molar-refractivity contribution is 5.75. The zero-order chi connectivity index (χ0) is 11.1. The third kappa shape index (κ3) is 4.78. The van der Waals surface area contributed by atoms with Gasteiger partial charge in [-0.2, -0.15) is 0 Å². The monoisotopic (exact) mass is 204 g/mol. The van der Waals surface area contributed by atoms with Gasteiger partial charge in [-0.1, -0.05) is 37.6 Å². The molecule has 0 heterocycles. The van der Waals surface area contributed by atoms with E-state index in [1.807, 2.05) is 0 Å². The molecule has 0 radical (unpaired) electrons. The van der Waals surface area contributed by atoms with Crippen molar-refractivity contribution in [3.63, 3.8) is 0 Å². The van der Waals surface area contributed by atoms with Gasteiger partial charge in [0.05, 0.1) is 0 Å². The van der Waals surface area contributed by atoms with Crippen LogP contribution in [0.3, 0.4) is 0 Å². The lowest BCUT2D eigenvalue weighted by atomic mass is 10.0. The number of aryl methyl sites for hydroxylation is 2. The van der Waals surface area contributed by atoms with Gasteiger partial charge in [0.15, 0.2) is 0 Å². The predicted octanol–water partition coefficient (Wildman–Crippen LogP) is 3.55. The van der Waals surface area contributed by atoms with Crippen molar-refractivity contribution in [2.75, 3.05) is 0 Å². The zero-order valence-electron chi connectivity index (χ0n) is 9.75. The minimum Gasteiger partial charge on any atom is -0.300 e. The van der Waals surface area contributed by atoms with E-state index in [9.17, 15) is 4.79 Å². The number of unbranched alkanes of at least 4 members (excludes halogenated alkanes) is 1. The van der Waals surface area contributed by atoms with Crippen LogP contribution in [0.15, 0.2) is 24.3 Å². The first-order valence-corrected chi connectivity index (χ1v) is 5.79. The summed E-state index contributed by atoms with van der Waals surface area (Å²) in [5.74, 6) is 0.272. The van der Waals surface area contributed by atoms with Crippen LogP contribution in [0.25, 0.3) is 0 Å². The van der Waals surface area contributed by atoms with E-state index in [0.29, 0.717) is 6.42 Å². The van der Waals surface area contributed by atoms with Crippen LogP contribution in [-0.4, -0.2) is 5.78 Å². The summed E-state index contributed by atoms with van der Waals surface area (Å²) in [6.45, 7) is 3.86. The second-order valence-electron chi connectivity index (χ2n) is 4.13. The quantitative estimate of drug-likeness (QED) is 0.692. The molecule has 0 aromatic heterocycles. The minimum atomic E-state index is 0.272. The van der Waals surface area contributed by atoms with Crippen molar-refractivity contribution in [1.29, 1.82) is 0 Å². The largest absolute Gasteiger partial charge is 0.300 e. The van der Waals surface area contributed by atoms with Crippen LogP contribution in [0.2, 0.25) is 0 Å². The highest BCUT2D eigenvalue weighted by atomic mass is 16.1. The van der Waals surface area contributed by atoms with Crippen molar-refractivity contribution in [1.82, 2.24) is 0 Å². The minimum absolute atomic E-state index is 0.272. The molecule has 0 amide bonds. The lowest BCUT2D eigenvalue weighted by Gasteiger charge is -2.03. The van der Waals surface area contributed by atoms with Crippen LogP contribution in [0.4, 0.5) is 0 Å². The van der Waals surface area contributed by atoms with Gasteiger partial charge in [-0.15, -0.1) is 0 Å². The fourth-order valence-electron chi connectivity index (χ4n) is 1.64. The molecular weight excluding hydrogens is 184 g/mol. The van der Waals surface area contributed by atoms with E-state index in [1.54, 1.807) is 6.92 Å². The topological polar surface area (TPSA) is 17.1 Å². The molecule has 0 saturated heterocycles. The molecule has 82 valence electrons. The van der Waals surface area contributed by atoms with Gasteiger partial charge in [0.1, 0.15) is 5.78 Å². The van der Waals surface area contributed by atoms with E-state index in [-0.39, 0.29) is 5.78 Å². The van der Waals surface area contributed by atoms with Crippen molar-refractivity contribution in [2.24, 2.45) is 0 Å². The Kier molecular flexibility index (Phi) is 5.09. The maximum atomic E-state index is 10.9. The Morgan fingerprint density at radius 1 is 1.20 bits per heavy atom. The molecule has 0 atom stereocenters. The zero-order valence-corrected chi connectivity index (χ0v) is 9.75. The molecule has 1 aromatic carbocycles. The molecule has 1 rings (SSSR count). The van der Waals surface area contributed by atoms with Crippen molar-refractivity contribution in [3.8, 4) is 0 Å². The second kappa shape index (κ2) is 6.39. The highest BCUT2D eigenvalue weighted by Gasteiger charge is 1.98. The first kappa shape index (κ1) is 12.0. The first-order chi connectivity index (χ1) is 7.22. The Morgan fingerprint density at radius 2 is 1.87 bits per heavy atom. The van der Waals surface area contributed by atoms with Crippen molar-refractivity contribution < 1.29 is 4.79 Å². The van der Waals surface area contributed by atoms with Crippen LogP contribution in [0.1, 0.15) is 44.2 Å². The van der Waals surface area contributed by atoms with E-state index >= 15 is 0 Å². The third-order valence-corrected chi connectivity index (χ3v) is 2.58. The maximum Gasteiger partial charge on any atom is 0.130 e. The number of hydrogen-bond donors (Lipinski definition) is 0. The van der Waals surface area contributed by atoms with E-state index in [0.717, 1.165) is 12.8 Å². The summed E-state index contributed by atoms with van der Waals surface area (Å²) in [7, 11) is 0. The Morgan fingerprint density at radius 3 is 2.47 bits per heavy atom. The Balaban J connectivity index is 2.53. The van der Waals surface area contributed by atoms with Gasteiger partial charge in [0.25, 0.3) is 0 Å². The van der Waals surface area contributed by atoms with Crippen molar-refractivity contribution >= 4 is 5.78 Å². The molecule has 0 N–H and O–H groups in total. The van der Waals surface area contributed by atoms with Gasteiger partial charge in [0, 0.05) is 6.42 Å². The van der Waals surface area contributed by atoms with E-state index in [1.165, 1.54) is 24.0 Å². The summed E-state index contributed by atoms with van der Waals surface area (Å²) < 4.78 is 0. The molecule has 0 saturated carbocycles. The maximum absolute atomic E-state index is 10.9. The summed E-state index contributed by atoms with van der Waals surface area (Å²) >= 11 is 0. The summed E-state index contributed by atoms with van der Waals surface area (Å²) in [6, 6.07) is 8.62. The number of carbonyl (C=O) groups excluding carboxylic acids is 1. The molecule has 0 bridgehead atoms. The fraction of sp³-hybridized carbons (Fsp3) is 0.500. The van der Waals surface area contributed by atoms with Crippen LogP contribution >= 0.6 is 0 Å². The van der Waals surface area contributed by atoms with Crippen LogP contribution < -0.4 is 0 Å². The van der Waals surface area contributed by atoms with Crippen molar-refractivity contribution in [2.45, 2.75) is 46.0 Å². The van der Waals surface area contributed by atoms with Gasteiger partial charge in [-0.3, -0.25) is 0 Å². The van der Waals surface area contributed by atoms with Crippen molar-refractivity contribution in [3.05, 3.63) is 35.4 Å². The average molecular weight is 204 g/mol. The van der Waals surface area contributed by atoms with Gasteiger partial charge >= 0.3 is 0 Å². The summed E-state index contributed by atoms with van der Waals surface area (Å²) in [5.41, 5.74) is 2.69. The molecule has 1 aromatic rings. The van der Waals surface area contributed by atoms with Gasteiger partial charge < -0.3 is 4.79 Å². The number of hydrogen-bond acceptors (Lipinski definition) is 1. The van der Waals surface area contributed by atoms with Crippen LogP contribution in [0.5, 0.6) is 0 Å². The number of carbonyl (C=O) groups is 1. The van der Waals surface area contributed by atoms with Gasteiger partial charge in [-0.05, 0) is 37.3 Å². The molecule has 0 fully saturated rings. The van der Waals surface area contributed by atoms with Crippen LogP contribution in [-0.2, 0) is 17.6 Å². The van der Waals surface area contributed by atoms with E-state index < -0.39 is 0 Å². The number of ketones is 1. The molecule has 0 unspecified atom stereocenters.